The van der Waals surface area contributed by atoms with Crippen LogP contribution in [-0.4, -0.2) is 35.1 Å². The smallest absolute Gasteiger partial charge is 0.246 e. The Bertz CT molecular complexity index is 425. The number of aliphatic hydroxyl groups is 1. The quantitative estimate of drug-likeness (QED) is 0.835. The molecule has 0 aromatic carbocycles. The Morgan fingerprint density at radius 2 is 2.47 bits per heavy atom. The molecule has 1 N–H and O–H groups in total. The second-order valence-electron chi connectivity index (χ2n) is 4.29. The molecule has 2 heterocycles. The number of aryl methyl sites for hydroxylation is 1. The van der Waals surface area contributed by atoms with E-state index in [1.165, 1.54) is 4.88 Å². The van der Waals surface area contributed by atoms with Gasteiger partial charge in [-0.15, -0.1) is 11.3 Å². The Morgan fingerprint density at radius 3 is 3.12 bits per heavy atom. The van der Waals surface area contributed by atoms with E-state index < -0.39 is 0 Å². The number of aliphatic hydroxyl groups excluding tert-OH is 1. The number of likely N-dealkylation sites (tertiary alicyclic amines) is 1. The SMILES string of the molecule is Cc1ccc(C=CC(=O)N2CCC[C@@H]2CO)s1. The number of thiophene rings is 1. The minimum atomic E-state index is 0.00704. The molecule has 17 heavy (non-hydrogen) atoms. The van der Waals surface area contributed by atoms with Crippen molar-refractivity contribution in [3.05, 3.63) is 28.0 Å². The first-order chi connectivity index (χ1) is 8.20. The summed E-state index contributed by atoms with van der Waals surface area (Å²) in [5.74, 6) is 0.00704. The molecule has 3 nitrogen and oxygen atoms in total. The molecule has 1 fully saturated rings. The van der Waals surface area contributed by atoms with Gasteiger partial charge in [-0.3, -0.25) is 4.79 Å². The van der Waals surface area contributed by atoms with E-state index in [9.17, 15) is 4.79 Å². The van der Waals surface area contributed by atoms with Gasteiger partial charge in [-0.25, -0.2) is 0 Å². The molecule has 92 valence electrons. The van der Waals surface area contributed by atoms with Gasteiger partial charge in [0.15, 0.2) is 0 Å². The van der Waals surface area contributed by atoms with Crippen LogP contribution in [0.2, 0.25) is 0 Å². The zero-order chi connectivity index (χ0) is 12.3. The third-order valence-corrected chi connectivity index (χ3v) is 3.99. The lowest BCUT2D eigenvalue weighted by Crippen LogP contribution is -2.36. The number of nitrogens with zero attached hydrogens (tertiary/aromatic N) is 1. The summed E-state index contributed by atoms with van der Waals surface area (Å²) in [6.45, 7) is 2.88. The lowest BCUT2D eigenvalue weighted by molar-refractivity contribution is -0.127. The summed E-state index contributed by atoms with van der Waals surface area (Å²) in [6, 6.07) is 4.07. The standard InChI is InChI=1S/C13H17NO2S/c1-10-4-5-12(17-10)6-7-13(16)14-8-2-3-11(14)9-15/h4-7,11,15H,2-3,8-9H2,1H3/t11-/m1/s1. The minimum absolute atomic E-state index is 0.00704. The van der Waals surface area contributed by atoms with Gasteiger partial charge < -0.3 is 10.0 Å². The first-order valence-electron chi connectivity index (χ1n) is 5.86. The largest absolute Gasteiger partial charge is 0.394 e. The molecule has 0 saturated carbocycles. The fraction of sp³-hybridized carbons (Fsp3) is 0.462. The highest BCUT2D eigenvalue weighted by atomic mass is 32.1. The second-order valence-corrected chi connectivity index (χ2v) is 5.61. The Kier molecular flexibility index (Phi) is 3.97. The predicted octanol–water partition coefficient (Wildman–Crippen LogP) is 2.05. The summed E-state index contributed by atoms with van der Waals surface area (Å²) in [7, 11) is 0. The molecule has 1 amide bonds. The van der Waals surface area contributed by atoms with E-state index in [0.717, 1.165) is 24.3 Å². The minimum Gasteiger partial charge on any atom is -0.394 e. The molecule has 0 aliphatic carbocycles. The van der Waals surface area contributed by atoms with Gasteiger partial charge in [0.2, 0.25) is 5.91 Å². The monoisotopic (exact) mass is 251 g/mol. The topological polar surface area (TPSA) is 40.5 Å². The summed E-state index contributed by atoms with van der Waals surface area (Å²) >= 11 is 1.67. The van der Waals surface area contributed by atoms with Crippen molar-refractivity contribution in [2.45, 2.75) is 25.8 Å². The van der Waals surface area contributed by atoms with Crippen molar-refractivity contribution < 1.29 is 9.90 Å². The maximum atomic E-state index is 11.9. The summed E-state index contributed by atoms with van der Waals surface area (Å²) < 4.78 is 0. The number of carbonyl (C=O) groups is 1. The summed E-state index contributed by atoms with van der Waals surface area (Å²) in [5.41, 5.74) is 0. The number of amides is 1. The zero-order valence-electron chi connectivity index (χ0n) is 9.93. The Hall–Kier alpha value is -1.13. The van der Waals surface area contributed by atoms with Gasteiger partial charge in [0.25, 0.3) is 0 Å². The van der Waals surface area contributed by atoms with Crippen LogP contribution in [0.25, 0.3) is 6.08 Å². The highest BCUT2D eigenvalue weighted by Gasteiger charge is 2.26. The zero-order valence-corrected chi connectivity index (χ0v) is 10.7. The predicted molar refractivity (Wildman–Crippen MR) is 69.9 cm³/mol. The Balaban J connectivity index is 1.99. The van der Waals surface area contributed by atoms with Gasteiger partial charge in [0, 0.05) is 22.4 Å². The van der Waals surface area contributed by atoms with Crippen LogP contribution < -0.4 is 0 Å². The fourth-order valence-corrected chi connectivity index (χ4v) is 2.89. The molecule has 0 bridgehead atoms. The van der Waals surface area contributed by atoms with Crippen molar-refractivity contribution in [1.29, 1.82) is 0 Å². The van der Waals surface area contributed by atoms with Gasteiger partial charge in [-0.2, -0.15) is 0 Å². The molecule has 0 spiro atoms. The maximum Gasteiger partial charge on any atom is 0.246 e. The van der Waals surface area contributed by atoms with Crippen LogP contribution in [0.15, 0.2) is 18.2 Å². The van der Waals surface area contributed by atoms with Crippen molar-refractivity contribution in [3.8, 4) is 0 Å². The van der Waals surface area contributed by atoms with E-state index in [1.54, 1.807) is 22.3 Å². The van der Waals surface area contributed by atoms with E-state index in [2.05, 4.69) is 0 Å². The van der Waals surface area contributed by atoms with Crippen LogP contribution >= 0.6 is 11.3 Å². The molecule has 0 radical (unpaired) electrons. The molecular weight excluding hydrogens is 234 g/mol. The lowest BCUT2D eigenvalue weighted by Gasteiger charge is -2.21. The van der Waals surface area contributed by atoms with E-state index in [0.29, 0.717) is 0 Å². The van der Waals surface area contributed by atoms with Crippen molar-refractivity contribution in [1.82, 2.24) is 4.90 Å². The van der Waals surface area contributed by atoms with Crippen LogP contribution in [-0.2, 0) is 4.79 Å². The Labute approximate surface area is 105 Å². The average Bonchev–Trinajstić information content (AvgIpc) is 2.94. The van der Waals surface area contributed by atoms with Crippen LogP contribution in [0.3, 0.4) is 0 Å². The molecule has 2 rings (SSSR count). The number of hydrogen-bond donors (Lipinski definition) is 1. The van der Waals surface area contributed by atoms with Crippen molar-refractivity contribution >= 4 is 23.3 Å². The van der Waals surface area contributed by atoms with Crippen LogP contribution in [0, 0.1) is 6.92 Å². The third-order valence-electron chi connectivity index (χ3n) is 3.02. The average molecular weight is 251 g/mol. The van der Waals surface area contributed by atoms with Crippen LogP contribution in [0.5, 0.6) is 0 Å². The van der Waals surface area contributed by atoms with Crippen LogP contribution in [0.4, 0.5) is 0 Å². The highest BCUT2D eigenvalue weighted by molar-refractivity contribution is 7.12. The highest BCUT2D eigenvalue weighted by Crippen LogP contribution is 2.19. The molecular formula is C13H17NO2S. The lowest BCUT2D eigenvalue weighted by atomic mass is 10.2. The molecule has 1 atom stereocenters. The molecule has 1 aromatic rings. The first-order valence-corrected chi connectivity index (χ1v) is 6.68. The van der Waals surface area contributed by atoms with Gasteiger partial charge in [0.1, 0.15) is 0 Å². The van der Waals surface area contributed by atoms with Crippen molar-refractivity contribution in [2.75, 3.05) is 13.2 Å². The number of rotatable bonds is 3. The van der Waals surface area contributed by atoms with Crippen molar-refractivity contribution in [3.63, 3.8) is 0 Å². The maximum absolute atomic E-state index is 11.9. The molecule has 1 aliphatic heterocycles. The third kappa shape index (κ3) is 2.96. The molecule has 1 aliphatic rings. The van der Waals surface area contributed by atoms with E-state index in [1.807, 2.05) is 25.1 Å². The molecule has 0 unspecified atom stereocenters. The molecule has 1 aromatic heterocycles. The van der Waals surface area contributed by atoms with Crippen molar-refractivity contribution in [2.24, 2.45) is 0 Å². The normalized spacial score (nSPS) is 20.4. The molecule has 4 heteroatoms. The molecule has 1 saturated heterocycles. The fourth-order valence-electron chi connectivity index (χ4n) is 2.11. The summed E-state index contributed by atoms with van der Waals surface area (Å²) in [4.78, 5) is 16.0. The first kappa shape index (κ1) is 12.3. The summed E-state index contributed by atoms with van der Waals surface area (Å²) in [6.07, 6.45) is 5.36. The van der Waals surface area contributed by atoms with Gasteiger partial charge in [0.05, 0.1) is 12.6 Å². The Morgan fingerprint density at radius 1 is 1.65 bits per heavy atom. The van der Waals surface area contributed by atoms with Gasteiger partial charge in [-0.1, -0.05) is 0 Å². The second kappa shape index (κ2) is 5.47. The summed E-state index contributed by atoms with van der Waals surface area (Å²) in [5, 5.41) is 9.16. The van der Waals surface area contributed by atoms with E-state index >= 15 is 0 Å². The van der Waals surface area contributed by atoms with Gasteiger partial charge in [-0.05, 0) is 38.0 Å². The number of hydrogen-bond acceptors (Lipinski definition) is 3. The van der Waals surface area contributed by atoms with E-state index in [-0.39, 0.29) is 18.6 Å². The van der Waals surface area contributed by atoms with Crippen LogP contribution in [0.1, 0.15) is 22.6 Å². The van der Waals surface area contributed by atoms with E-state index in [4.69, 9.17) is 5.11 Å². The number of carbonyl (C=O) groups excluding carboxylic acids is 1. The van der Waals surface area contributed by atoms with Gasteiger partial charge >= 0.3 is 0 Å².